The zero-order valence-electron chi connectivity index (χ0n) is 15.8. The van der Waals surface area contributed by atoms with Gasteiger partial charge in [0.2, 0.25) is 17.7 Å². The van der Waals surface area contributed by atoms with E-state index in [0.717, 1.165) is 25.9 Å². The van der Waals surface area contributed by atoms with Gasteiger partial charge in [0.1, 0.15) is 6.04 Å². The molecule has 2 fully saturated rings. The van der Waals surface area contributed by atoms with E-state index < -0.39 is 6.04 Å². The molecule has 6 nitrogen and oxygen atoms in total. The first kappa shape index (κ1) is 19.1. The molecule has 4 atom stereocenters. The highest BCUT2D eigenvalue weighted by Gasteiger charge is 2.51. The van der Waals surface area contributed by atoms with E-state index in [2.05, 4.69) is 5.32 Å². The molecule has 6 heteroatoms. The second-order valence-electron chi connectivity index (χ2n) is 8.06. The highest BCUT2D eigenvalue weighted by molar-refractivity contribution is 6.08. The molecule has 144 valence electrons. The number of likely N-dealkylation sites (tertiary alicyclic amines) is 1. The summed E-state index contributed by atoms with van der Waals surface area (Å²) in [7, 11) is 0. The number of rotatable bonds is 7. The Balaban J connectivity index is 1.65. The summed E-state index contributed by atoms with van der Waals surface area (Å²) in [5.41, 5.74) is 0. The van der Waals surface area contributed by atoms with Crippen LogP contribution in [0, 0.1) is 17.8 Å². The fourth-order valence-corrected chi connectivity index (χ4v) is 4.26. The van der Waals surface area contributed by atoms with E-state index in [4.69, 9.17) is 4.74 Å². The Morgan fingerprint density at radius 2 is 1.88 bits per heavy atom. The second kappa shape index (κ2) is 8.33. The number of fused-ring (bicyclic) bond motifs is 1. The fraction of sp³-hybridized carbons (Fsp3) is 0.750. The maximum Gasteiger partial charge on any atom is 0.243 e. The van der Waals surface area contributed by atoms with E-state index in [1.165, 1.54) is 4.90 Å². The van der Waals surface area contributed by atoms with Crippen LogP contribution in [-0.4, -0.2) is 47.9 Å². The van der Waals surface area contributed by atoms with Crippen LogP contribution in [0.25, 0.3) is 0 Å². The molecule has 2 heterocycles. The molecule has 2 aliphatic heterocycles. The lowest BCUT2D eigenvalue weighted by Crippen LogP contribution is -2.51. The van der Waals surface area contributed by atoms with Gasteiger partial charge in [-0.2, -0.15) is 0 Å². The standard InChI is InChI=1S/C20H30N2O4/c1-13(2)12-17(18(23)21-10-9-14-6-5-11-26-14)22-19(24)15-7-3-4-8-16(15)20(22)25/h3-4,13-17H,5-12H2,1-2H3,(H,21,23). The highest BCUT2D eigenvalue weighted by Crippen LogP contribution is 2.37. The van der Waals surface area contributed by atoms with Crippen LogP contribution in [0.5, 0.6) is 0 Å². The summed E-state index contributed by atoms with van der Waals surface area (Å²) in [5.74, 6) is -0.937. The van der Waals surface area contributed by atoms with Gasteiger partial charge in [-0.05, 0) is 44.4 Å². The molecule has 2 saturated heterocycles. The van der Waals surface area contributed by atoms with Crippen molar-refractivity contribution in [1.29, 1.82) is 0 Å². The number of carbonyl (C=O) groups is 3. The number of carbonyl (C=O) groups excluding carboxylic acids is 3. The number of nitrogens with zero attached hydrogens (tertiary/aromatic N) is 1. The minimum Gasteiger partial charge on any atom is -0.378 e. The molecule has 0 saturated carbocycles. The Bertz CT molecular complexity index is 554. The molecule has 1 aliphatic carbocycles. The van der Waals surface area contributed by atoms with Crippen molar-refractivity contribution in [2.45, 2.75) is 64.5 Å². The van der Waals surface area contributed by atoms with Gasteiger partial charge in [-0.3, -0.25) is 19.3 Å². The molecule has 0 aromatic carbocycles. The maximum atomic E-state index is 12.8. The zero-order valence-corrected chi connectivity index (χ0v) is 15.8. The third-order valence-electron chi connectivity index (χ3n) is 5.64. The molecule has 26 heavy (non-hydrogen) atoms. The number of hydrogen-bond acceptors (Lipinski definition) is 4. The molecule has 0 spiro atoms. The molecule has 3 amide bonds. The number of nitrogens with one attached hydrogen (secondary N) is 1. The summed E-state index contributed by atoms with van der Waals surface area (Å²) in [6, 6.07) is -0.704. The number of amides is 3. The van der Waals surface area contributed by atoms with Crippen LogP contribution < -0.4 is 5.32 Å². The molecule has 3 rings (SSSR count). The van der Waals surface area contributed by atoms with Crippen LogP contribution >= 0.6 is 0 Å². The Labute approximate surface area is 155 Å². The van der Waals surface area contributed by atoms with Crippen molar-refractivity contribution in [3.63, 3.8) is 0 Å². The van der Waals surface area contributed by atoms with Gasteiger partial charge in [0, 0.05) is 13.2 Å². The number of allylic oxidation sites excluding steroid dienone is 2. The van der Waals surface area contributed by atoms with E-state index in [1.54, 1.807) is 0 Å². The Morgan fingerprint density at radius 1 is 1.23 bits per heavy atom. The van der Waals surface area contributed by atoms with E-state index >= 15 is 0 Å². The van der Waals surface area contributed by atoms with Crippen LogP contribution in [0.1, 0.15) is 52.4 Å². The first-order chi connectivity index (χ1) is 12.5. The molecule has 3 aliphatic rings. The minimum atomic E-state index is -0.704. The van der Waals surface area contributed by atoms with E-state index in [9.17, 15) is 14.4 Å². The van der Waals surface area contributed by atoms with Gasteiger partial charge in [-0.15, -0.1) is 0 Å². The normalized spacial score (nSPS) is 29.3. The van der Waals surface area contributed by atoms with Crippen molar-refractivity contribution in [2.24, 2.45) is 17.8 Å². The molecule has 1 N–H and O–H groups in total. The zero-order chi connectivity index (χ0) is 18.7. The quantitative estimate of drug-likeness (QED) is 0.555. The van der Waals surface area contributed by atoms with Gasteiger partial charge < -0.3 is 10.1 Å². The maximum absolute atomic E-state index is 12.8. The molecule has 0 radical (unpaired) electrons. The van der Waals surface area contributed by atoms with Gasteiger partial charge in [-0.1, -0.05) is 26.0 Å². The first-order valence-electron chi connectivity index (χ1n) is 9.90. The number of hydrogen-bond donors (Lipinski definition) is 1. The van der Waals surface area contributed by atoms with Crippen molar-refractivity contribution >= 4 is 17.7 Å². The van der Waals surface area contributed by atoms with Crippen LogP contribution in [0.3, 0.4) is 0 Å². The number of imide groups is 1. The largest absolute Gasteiger partial charge is 0.378 e. The summed E-state index contributed by atoms with van der Waals surface area (Å²) < 4.78 is 5.58. The van der Waals surface area contributed by atoms with Gasteiger partial charge in [0.25, 0.3) is 0 Å². The third-order valence-corrected chi connectivity index (χ3v) is 5.64. The van der Waals surface area contributed by atoms with E-state index in [-0.39, 0.29) is 41.6 Å². The predicted molar refractivity (Wildman–Crippen MR) is 97.1 cm³/mol. The van der Waals surface area contributed by atoms with Gasteiger partial charge >= 0.3 is 0 Å². The van der Waals surface area contributed by atoms with Crippen LogP contribution in [0.4, 0.5) is 0 Å². The molecular weight excluding hydrogens is 332 g/mol. The molecule has 0 aromatic heterocycles. The van der Waals surface area contributed by atoms with Crippen molar-refractivity contribution < 1.29 is 19.1 Å². The van der Waals surface area contributed by atoms with Crippen molar-refractivity contribution in [3.05, 3.63) is 12.2 Å². The van der Waals surface area contributed by atoms with Crippen molar-refractivity contribution in [2.75, 3.05) is 13.2 Å². The molecule has 0 bridgehead atoms. The van der Waals surface area contributed by atoms with Gasteiger partial charge in [-0.25, -0.2) is 0 Å². The Kier molecular flexibility index (Phi) is 6.12. The van der Waals surface area contributed by atoms with Crippen LogP contribution in [0.2, 0.25) is 0 Å². The van der Waals surface area contributed by atoms with Gasteiger partial charge in [0.05, 0.1) is 17.9 Å². The van der Waals surface area contributed by atoms with E-state index in [0.29, 0.717) is 25.8 Å². The summed E-state index contributed by atoms with van der Waals surface area (Å²) >= 11 is 0. The lowest BCUT2D eigenvalue weighted by atomic mass is 9.85. The van der Waals surface area contributed by atoms with E-state index in [1.807, 2.05) is 26.0 Å². The average molecular weight is 362 g/mol. The number of ether oxygens (including phenoxy) is 1. The smallest absolute Gasteiger partial charge is 0.243 e. The summed E-state index contributed by atoms with van der Waals surface area (Å²) in [6.07, 6.45) is 8.72. The molecular formula is C20H30N2O4. The Morgan fingerprint density at radius 3 is 2.42 bits per heavy atom. The van der Waals surface area contributed by atoms with Crippen molar-refractivity contribution in [3.8, 4) is 0 Å². The lowest BCUT2D eigenvalue weighted by Gasteiger charge is -2.27. The lowest BCUT2D eigenvalue weighted by molar-refractivity contribution is -0.148. The summed E-state index contributed by atoms with van der Waals surface area (Å²) in [4.78, 5) is 39.8. The summed E-state index contributed by atoms with van der Waals surface area (Å²) in [6.45, 7) is 5.32. The molecule has 4 unspecified atom stereocenters. The van der Waals surface area contributed by atoms with Crippen molar-refractivity contribution in [1.82, 2.24) is 10.2 Å². The predicted octanol–water partition coefficient (Wildman–Crippen LogP) is 2.04. The average Bonchev–Trinajstić information content (AvgIpc) is 3.21. The van der Waals surface area contributed by atoms with Gasteiger partial charge in [0.15, 0.2) is 0 Å². The second-order valence-corrected chi connectivity index (χ2v) is 8.06. The monoisotopic (exact) mass is 362 g/mol. The Hall–Kier alpha value is -1.69. The molecule has 0 aromatic rings. The highest BCUT2D eigenvalue weighted by atomic mass is 16.5. The van der Waals surface area contributed by atoms with Crippen LogP contribution in [-0.2, 0) is 19.1 Å². The third kappa shape index (κ3) is 4.00. The topological polar surface area (TPSA) is 75.7 Å². The SMILES string of the molecule is CC(C)CC(C(=O)NCCC1CCCO1)N1C(=O)C2CC=CCC2C1=O. The fourth-order valence-electron chi connectivity index (χ4n) is 4.26. The van der Waals surface area contributed by atoms with Crippen LogP contribution in [0.15, 0.2) is 12.2 Å². The first-order valence-corrected chi connectivity index (χ1v) is 9.90. The summed E-state index contributed by atoms with van der Waals surface area (Å²) in [5, 5.41) is 2.93. The minimum absolute atomic E-state index is 0.177.